The van der Waals surface area contributed by atoms with E-state index in [-0.39, 0.29) is 18.0 Å². The zero-order valence-corrected chi connectivity index (χ0v) is 14.9. The van der Waals surface area contributed by atoms with Crippen LogP contribution in [-0.4, -0.2) is 46.4 Å². The molecular formula is C17H19ClN2O5. The van der Waals surface area contributed by atoms with E-state index in [0.29, 0.717) is 11.3 Å². The average molecular weight is 367 g/mol. The lowest BCUT2D eigenvalue weighted by Gasteiger charge is -2.26. The monoisotopic (exact) mass is 366 g/mol. The van der Waals surface area contributed by atoms with Crippen LogP contribution in [0.2, 0.25) is 5.02 Å². The predicted molar refractivity (Wildman–Crippen MR) is 89.6 cm³/mol. The number of carbonyl (C=O) groups excluding carboxylic acids is 1. The Kier molecular flexibility index (Phi) is 5.43. The van der Waals surface area contributed by atoms with Crippen molar-refractivity contribution in [1.82, 2.24) is 4.90 Å². The van der Waals surface area contributed by atoms with Crippen LogP contribution in [0.1, 0.15) is 32.8 Å². The summed E-state index contributed by atoms with van der Waals surface area (Å²) in [7, 11) is 0. The zero-order valence-electron chi connectivity index (χ0n) is 14.2. The van der Waals surface area contributed by atoms with Crippen molar-refractivity contribution in [3.05, 3.63) is 28.8 Å². The van der Waals surface area contributed by atoms with E-state index in [0.717, 1.165) is 4.90 Å². The fraction of sp³-hybridized carbons (Fsp3) is 0.471. The lowest BCUT2D eigenvalue weighted by molar-refractivity contribution is -0.142. The van der Waals surface area contributed by atoms with Gasteiger partial charge in [-0.05, 0) is 32.9 Å². The number of halogens is 1. The van der Waals surface area contributed by atoms with Gasteiger partial charge in [-0.1, -0.05) is 11.6 Å². The minimum Gasteiger partial charge on any atom is -0.488 e. The van der Waals surface area contributed by atoms with Crippen LogP contribution in [0.15, 0.2) is 18.2 Å². The van der Waals surface area contributed by atoms with Crippen LogP contribution >= 0.6 is 11.6 Å². The Labute approximate surface area is 150 Å². The molecule has 0 unspecified atom stereocenters. The van der Waals surface area contributed by atoms with Crippen LogP contribution in [0.5, 0.6) is 5.75 Å². The SMILES string of the molecule is CC(C)(C)OC(=O)N1C[C@@H](Oc2ccc(C#N)c(Cl)c2)C[C@H]1C(=O)O. The maximum absolute atomic E-state index is 12.2. The smallest absolute Gasteiger partial charge is 0.411 e. The molecule has 8 heteroatoms. The van der Waals surface area contributed by atoms with Crippen LogP contribution in [-0.2, 0) is 9.53 Å². The Hall–Kier alpha value is -2.46. The van der Waals surface area contributed by atoms with Crippen molar-refractivity contribution in [3.63, 3.8) is 0 Å². The Balaban J connectivity index is 2.11. The maximum atomic E-state index is 12.2. The third kappa shape index (κ3) is 4.77. The first-order valence-corrected chi connectivity index (χ1v) is 8.07. The molecule has 25 heavy (non-hydrogen) atoms. The van der Waals surface area contributed by atoms with Gasteiger partial charge in [0.15, 0.2) is 0 Å². The summed E-state index contributed by atoms with van der Waals surface area (Å²) in [6.45, 7) is 5.22. The van der Waals surface area contributed by atoms with Gasteiger partial charge in [-0.25, -0.2) is 9.59 Å². The summed E-state index contributed by atoms with van der Waals surface area (Å²) >= 11 is 5.96. The van der Waals surface area contributed by atoms with Gasteiger partial charge in [0.05, 0.1) is 17.1 Å². The van der Waals surface area contributed by atoms with Gasteiger partial charge in [-0.15, -0.1) is 0 Å². The second-order valence-electron chi connectivity index (χ2n) is 6.72. The average Bonchev–Trinajstić information content (AvgIpc) is 2.90. The molecule has 1 saturated heterocycles. The molecule has 1 aromatic carbocycles. The van der Waals surface area contributed by atoms with E-state index in [1.165, 1.54) is 12.1 Å². The fourth-order valence-electron chi connectivity index (χ4n) is 2.49. The van der Waals surface area contributed by atoms with Crippen molar-refractivity contribution >= 4 is 23.7 Å². The summed E-state index contributed by atoms with van der Waals surface area (Å²) in [6, 6.07) is 5.52. The highest BCUT2D eigenvalue weighted by Gasteiger charge is 2.42. The van der Waals surface area contributed by atoms with Gasteiger partial charge in [-0.3, -0.25) is 4.90 Å². The van der Waals surface area contributed by atoms with E-state index in [9.17, 15) is 14.7 Å². The summed E-state index contributed by atoms with van der Waals surface area (Å²) in [6.07, 6.45) is -1.08. The Morgan fingerprint density at radius 2 is 2.08 bits per heavy atom. The van der Waals surface area contributed by atoms with Crippen molar-refractivity contribution in [2.45, 2.75) is 44.9 Å². The molecule has 1 fully saturated rings. The number of hydrogen-bond donors (Lipinski definition) is 1. The number of rotatable bonds is 3. The Bertz CT molecular complexity index is 723. The van der Waals surface area contributed by atoms with Crippen LogP contribution in [0, 0.1) is 11.3 Å². The molecule has 0 bridgehead atoms. The number of nitriles is 1. The van der Waals surface area contributed by atoms with Gasteiger partial charge >= 0.3 is 12.1 Å². The summed E-state index contributed by atoms with van der Waals surface area (Å²) < 4.78 is 11.0. The summed E-state index contributed by atoms with van der Waals surface area (Å²) in [5.74, 6) is -0.709. The third-order valence-corrected chi connectivity index (χ3v) is 3.85. The van der Waals surface area contributed by atoms with Gasteiger partial charge in [0.25, 0.3) is 0 Å². The van der Waals surface area contributed by atoms with Gasteiger partial charge < -0.3 is 14.6 Å². The van der Waals surface area contributed by atoms with E-state index in [1.54, 1.807) is 26.8 Å². The van der Waals surface area contributed by atoms with Gasteiger partial charge in [0.2, 0.25) is 0 Å². The van der Waals surface area contributed by atoms with E-state index in [1.807, 2.05) is 6.07 Å². The quantitative estimate of drug-likeness (QED) is 0.882. The van der Waals surface area contributed by atoms with Crippen LogP contribution in [0.3, 0.4) is 0 Å². The number of amides is 1. The van der Waals surface area contributed by atoms with Crippen LogP contribution in [0.25, 0.3) is 0 Å². The molecular weight excluding hydrogens is 348 g/mol. The van der Waals surface area contributed by atoms with Crippen molar-refractivity contribution in [2.75, 3.05) is 6.54 Å². The minimum absolute atomic E-state index is 0.0868. The molecule has 1 aliphatic rings. The van der Waals surface area contributed by atoms with E-state index in [4.69, 9.17) is 26.3 Å². The minimum atomic E-state index is -1.12. The van der Waals surface area contributed by atoms with Gasteiger partial charge in [0.1, 0.15) is 29.6 Å². The molecule has 0 radical (unpaired) electrons. The molecule has 1 N–H and O–H groups in total. The molecule has 0 spiro atoms. The number of likely N-dealkylation sites (tertiary alicyclic amines) is 1. The molecule has 1 amide bonds. The number of aliphatic carboxylic acids is 1. The molecule has 2 rings (SSSR count). The van der Waals surface area contributed by atoms with Crippen molar-refractivity contribution < 1.29 is 24.2 Å². The van der Waals surface area contributed by atoms with Crippen molar-refractivity contribution in [1.29, 1.82) is 5.26 Å². The molecule has 2 atom stereocenters. The molecule has 1 heterocycles. The molecule has 0 aromatic heterocycles. The first kappa shape index (κ1) is 18.9. The van der Waals surface area contributed by atoms with Crippen LogP contribution < -0.4 is 4.74 Å². The fourth-order valence-corrected chi connectivity index (χ4v) is 2.70. The third-order valence-electron chi connectivity index (χ3n) is 3.54. The zero-order chi connectivity index (χ0) is 18.8. The molecule has 134 valence electrons. The highest BCUT2D eigenvalue weighted by atomic mass is 35.5. The van der Waals surface area contributed by atoms with Crippen LogP contribution in [0.4, 0.5) is 4.79 Å². The summed E-state index contributed by atoms with van der Waals surface area (Å²) in [4.78, 5) is 24.9. The Morgan fingerprint density at radius 1 is 1.40 bits per heavy atom. The number of hydrogen-bond acceptors (Lipinski definition) is 5. The number of nitrogens with zero attached hydrogens (tertiary/aromatic N) is 2. The van der Waals surface area contributed by atoms with Gasteiger partial charge in [0, 0.05) is 12.5 Å². The predicted octanol–water partition coefficient (Wildman–Crippen LogP) is 3.05. The maximum Gasteiger partial charge on any atom is 0.411 e. The van der Waals surface area contributed by atoms with E-state index < -0.39 is 29.8 Å². The second-order valence-corrected chi connectivity index (χ2v) is 7.12. The molecule has 7 nitrogen and oxygen atoms in total. The number of carboxylic acids is 1. The second kappa shape index (κ2) is 7.19. The summed E-state index contributed by atoms with van der Waals surface area (Å²) in [5.41, 5.74) is -0.404. The number of carbonyl (C=O) groups is 2. The highest BCUT2D eigenvalue weighted by Crippen LogP contribution is 2.28. The first-order chi connectivity index (χ1) is 11.6. The van der Waals surface area contributed by atoms with E-state index >= 15 is 0 Å². The first-order valence-electron chi connectivity index (χ1n) is 7.69. The van der Waals surface area contributed by atoms with Crippen molar-refractivity contribution in [3.8, 4) is 11.8 Å². The van der Waals surface area contributed by atoms with Gasteiger partial charge in [-0.2, -0.15) is 5.26 Å². The standard InChI is InChI=1S/C17H19ClN2O5/c1-17(2,3)25-16(23)20-9-12(7-14(20)15(21)22)24-11-5-4-10(8-19)13(18)6-11/h4-6,12,14H,7,9H2,1-3H3,(H,21,22)/t12-,14-/m0/s1. The summed E-state index contributed by atoms with van der Waals surface area (Å²) in [5, 5.41) is 18.5. The largest absolute Gasteiger partial charge is 0.488 e. The number of benzene rings is 1. The van der Waals surface area contributed by atoms with Crippen molar-refractivity contribution in [2.24, 2.45) is 0 Å². The lowest BCUT2D eigenvalue weighted by Crippen LogP contribution is -2.43. The molecule has 0 saturated carbocycles. The molecule has 0 aliphatic carbocycles. The Morgan fingerprint density at radius 3 is 2.60 bits per heavy atom. The topological polar surface area (TPSA) is 99.9 Å². The van der Waals surface area contributed by atoms with E-state index in [2.05, 4.69) is 0 Å². The number of carboxylic acid groups (broad SMARTS) is 1. The highest BCUT2D eigenvalue weighted by molar-refractivity contribution is 6.31. The number of ether oxygens (including phenoxy) is 2. The lowest BCUT2D eigenvalue weighted by atomic mass is 10.2. The molecule has 1 aliphatic heterocycles. The molecule has 1 aromatic rings. The normalized spacial score (nSPS) is 20.0.